The van der Waals surface area contributed by atoms with Gasteiger partial charge in [0.25, 0.3) is 0 Å². The summed E-state index contributed by atoms with van der Waals surface area (Å²) in [5.74, 6) is 1.57. The highest BCUT2D eigenvalue weighted by Crippen LogP contribution is 2.16. The maximum Gasteiger partial charge on any atom is 0.0436 e. The first-order chi connectivity index (χ1) is 10.2. The molecule has 0 spiro atoms. The van der Waals surface area contributed by atoms with Crippen molar-refractivity contribution in [2.24, 2.45) is 0 Å². The van der Waals surface area contributed by atoms with E-state index >= 15 is 0 Å². The van der Waals surface area contributed by atoms with Crippen molar-refractivity contribution in [3.8, 4) is 0 Å². The molecule has 0 bridgehead atoms. The Bertz CT molecular complexity index is 402. The standard InChI is InChI=1S/C18H31NOS/c1-4-7-8-14-21(20)15-18(19-13-5-2)17-11-9-16(6-3)10-12-17/h9-12,18-19H,4-8,13-15H2,1-3H3. The Kier molecular flexibility index (Phi) is 9.60. The van der Waals surface area contributed by atoms with Crippen LogP contribution in [0.5, 0.6) is 0 Å². The molecule has 1 aromatic carbocycles. The van der Waals surface area contributed by atoms with E-state index in [-0.39, 0.29) is 6.04 Å². The first kappa shape index (κ1) is 18.4. The Morgan fingerprint density at radius 3 is 2.33 bits per heavy atom. The highest BCUT2D eigenvalue weighted by molar-refractivity contribution is 7.85. The minimum atomic E-state index is -0.725. The second kappa shape index (κ2) is 11.0. The zero-order chi connectivity index (χ0) is 15.5. The Hall–Kier alpha value is -0.670. The van der Waals surface area contributed by atoms with Crippen molar-refractivity contribution in [2.45, 2.75) is 58.9 Å². The lowest BCUT2D eigenvalue weighted by atomic mass is 10.0. The first-order valence-corrected chi connectivity index (χ1v) is 9.87. The van der Waals surface area contributed by atoms with Gasteiger partial charge in [-0.2, -0.15) is 0 Å². The van der Waals surface area contributed by atoms with Crippen LogP contribution in [0.1, 0.15) is 63.6 Å². The fourth-order valence-electron chi connectivity index (χ4n) is 2.36. The lowest BCUT2D eigenvalue weighted by Gasteiger charge is -2.19. The van der Waals surface area contributed by atoms with Crippen molar-refractivity contribution < 1.29 is 4.21 Å². The lowest BCUT2D eigenvalue weighted by Crippen LogP contribution is -2.27. The molecule has 0 aliphatic carbocycles. The number of hydrogen-bond acceptors (Lipinski definition) is 2. The van der Waals surface area contributed by atoms with Gasteiger partial charge in [-0.25, -0.2) is 0 Å². The third-order valence-electron chi connectivity index (χ3n) is 3.76. The van der Waals surface area contributed by atoms with Crippen LogP contribution in [0.25, 0.3) is 0 Å². The molecular weight excluding hydrogens is 278 g/mol. The Morgan fingerprint density at radius 1 is 1.05 bits per heavy atom. The molecule has 0 saturated carbocycles. The molecule has 0 heterocycles. The van der Waals surface area contributed by atoms with Gasteiger partial charge in [0, 0.05) is 28.3 Å². The quantitative estimate of drug-likeness (QED) is 0.620. The van der Waals surface area contributed by atoms with Crippen LogP contribution in [-0.4, -0.2) is 22.3 Å². The molecule has 0 aliphatic rings. The van der Waals surface area contributed by atoms with Crippen molar-refractivity contribution in [3.05, 3.63) is 35.4 Å². The SMILES string of the molecule is CCCCCS(=O)CC(NCCC)c1ccc(CC)cc1. The smallest absolute Gasteiger partial charge is 0.0436 e. The van der Waals surface area contributed by atoms with E-state index in [4.69, 9.17) is 0 Å². The lowest BCUT2D eigenvalue weighted by molar-refractivity contribution is 0.569. The fraction of sp³-hybridized carbons (Fsp3) is 0.667. The van der Waals surface area contributed by atoms with E-state index in [9.17, 15) is 4.21 Å². The van der Waals surface area contributed by atoms with E-state index in [0.717, 1.165) is 37.3 Å². The van der Waals surface area contributed by atoms with E-state index in [2.05, 4.69) is 50.4 Å². The van der Waals surface area contributed by atoms with Gasteiger partial charge in [-0.1, -0.05) is 57.9 Å². The topological polar surface area (TPSA) is 29.1 Å². The van der Waals surface area contributed by atoms with Crippen molar-refractivity contribution in [3.63, 3.8) is 0 Å². The van der Waals surface area contributed by atoms with Gasteiger partial charge in [0.1, 0.15) is 0 Å². The zero-order valence-electron chi connectivity index (χ0n) is 13.9. The van der Waals surface area contributed by atoms with Crippen LogP contribution < -0.4 is 5.32 Å². The van der Waals surface area contributed by atoms with Crippen LogP contribution in [0.3, 0.4) is 0 Å². The summed E-state index contributed by atoms with van der Waals surface area (Å²) >= 11 is 0. The molecule has 120 valence electrons. The molecule has 2 unspecified atom stereocenters. The number of unbranched alkanes of at least 4 members (excludes halogenated alkanes) is 2. The van der Waals surface area contributed by atoms with E-state index in [1.807, 2.05) is 0 Å². The summed E-state index contributed by atoms with van der Waals surface area (Å²) in [6.45, 7) is 7.50. The molecule has 1 rings (SSSR count). The van der Waals surface area contributed by atoms with Gasteiger partial charge in [0.15, 0.2) is 0 Å². The van der Waals surface area contributed by atoms with Crippen molar-refractivity contribution in [1.82, 2.24) is 5.32 Å². The molecule has 0 fully saturated rings. The van der Waals surface area contributed by atoms with Crippen molar-refractivity contribution in [2.75, 3.05) is 18.1 Å². The third-order valence-corrected chi connectivity index (χ3v) is 5.21. The number of rotatable bonds is 11. The molecule has 3 heteroatoms. The van der Waals surface area contributed by atoms with E-state index in [0.29, 0.717) is 0 Å². The molecule has 0 saturated heterocycles. The summed E-state index contributed by atoms with van der Waals surface area (Å²) in [7, 11) is -0.725. The second-order valence-corrected chi connectivity index (χ2v) is 7.24. The number of hydrogen-bond donors (Lipinski definition) is 1. The van der Waals surface area contributed by atoms with Gasteiger partial charge in [0.2, 0.25) is 0 Å². The Labute approximate surface area is 133 Å². The van der Waals surface area contributed by atoms with Crippen molar-refractivity contribution in [1.29, 1.82) is 0 Å². The highest BCUT2D eigenvalue weighted by atomic mass is 32.2. The van der Waals surface area contributed by atoms with Gasteiger partial charge in [0.05, 0.1) is 0 Å². The van der Waals surface area contributed by atoms with Crippen LogP contribution >= 0.6 is 0 Å². The van der Waals surface area contributed by atoms with Crippen LogP contribution in [0.2, 0.25) is 0 Å². The molecular formula is C18H31NOS. The summed E-state index contributed by atoms with van der Waals surface area (Å²) < 4.78 is 12.3. The van der Waals surface area contributed by atoms with E-state index in [1.54, 1.807) is 0 Å². The van der Waals surface area contributed by atoms with Crippen molar-refractivity contribution >= 4 is 10.8 Å². The second-order valence-electron chi connectivity index (χ2n) is 5.62. The first-order valence-electron chi connectivity index (χ1n) is 8.38. The number of aryl methyl sites for hydroxylation is 1. The van der Waals surface area contributed by atoms with Gasteiger partial charge in [-0.15, -0.1) is 0 Å². The predicted molar refractivity (Wildman–Crippen MR) is 94.3 cm³/mol. The molecule has 1 N–H and O–H groups in total. The van der Waals surface area contributed by atoms with Gasteiger partial charge in [-0.05, 0) is 36.9 Å². The van der Waals surface area contributed by atoms with Gasteiger partial charge < -0.3 is 5.32 Å². The molecule has 0 aliphatic heterocycles. The molecule has 1 aromatic rings. The normalized spacial score (nSPS) is 14.0. The summed E-state index contributed by atoms with van der Waals surface area (Å²) in [4.78, 5) is 0. The maximum absolute atomic E-state index is 12.3. The molecule has 2 nitrogen and oxygen atoms in total. The summed E-state index contributed by atoms with van der Waals surface area (Å²) in [6, 6.07) is 8.98. The monoisotopic (exact) mass is 309 g/mol. The highest BCUT2D eigenvalue weighted by Gasteiger charge is 2.14. The minimum absolute atomic E-state index is 0.221. The molecule has 0 radical (unpaired) electrons. The zero-order valence-corrected chi connectivity index (χ0v) is 14.7. The predicted octanol–water partition coefficient (Wildman–Crippen LogP) is 4.23. The largest absolute Gasteiger partial charge is 0.309 e. The van der Waals surface area contributed by atoms with Crippen LogP contribution in [0.4, 0.5) is 0 Å². The van der Waals surface area contributed by atoms with Crippen LogP contribution in [-0.2, 0) is 17.2 Å². The Balaban J connectivity index is 2.63. The van der Waals surface area contributed by atoms with Crippen LogP contribution in [0.15, 0.2) is 24.3 Å². The average molecular weight is 310 g/mol. The summed E-state index contributed by atoms with van der Waals surface area (Å²) in [5.41, 5.74) is 2.63. The molecule has 21 heavy (non-hydrogen) atoms. The van der Waals surface area contributed by atoms with Gasteiger partial charge >= 0.3 is 0 Å². The number of nitrogens with one attached hydrogen (secondary N) is 1. The third kappa shape index (κ3) is 7.23. The molecule has 0 aromatic heterocycles. The Morgan fingerprint density at radius 2 is 1.76 bits per heavy atom. The van der Waals surface area contributed by atoms with E-state index < -0.39 is 10.8 Å². The minimum Gasteiger partial charge on any atom is -0.309 e. The summed E-state index contributed by atoms with van der Waals surface area (Å²) in [6.07, 6.45) is 5.62. The van der Waals surface area contributed by atoms with Gasteiger partial charge in [-0.3, -0.25) is 4.21 Å². The van der Waals surface area contributed by atoms with Crippen LogP contribution in [0, 0.1) is 0 Å². The number of benzene rings is 1. The fourth-order valence-corrected chi connectivity index (χ4v) is 3.73. The maximum atomic E-state index is 12.3. The average Bonchev–Trinajstić information content (AvgIpc) is 2.52. The summed E-state index contributed by atoms with van der Waals surface area (Å²) in [5, 5.41) is 3.55. The molecule has 0 amide bonds. The van der Waals surface area contributed by atoms with E-state index in [1.165, 1.54) is 24.0 Å². The molecule has 2 atom stereocenters.